The zero-order chi connectivity index (χ0) is 18.7. The zero-order valence-corrected chi connectivity index (χ0v) is 16.2. The van der Waals surface area contributed by atoms with E-state index in [2.05, 4.69) is 20.6 Å². The van der Waals surface area contributed by atoms with E-state index in [4.69, 9.17) is 23.2 Å². The van der Waals surface area contributed by atoms with Crippen LogP contribution in [0.1, 0.15) is 5.69 Å². The smallest absolute Gasteiger partial charge is 0.229 e. The highest BCUT2D eigenvalue weighted by Crippen LogP contribution is 2.28. The number of nitrogens with zero attached hydrogens (tertiary/aromatic N) is 3. The molecule has 7 heteroatoms. The molecule has 5 nitrogen and oxygen atoms in total. The molecule has 0 fully saturated rings. The third kappa shape index (κ3) is 4.56. The highest BCUT2D eigenvalue weighted by atomic mass is 35.5. The molecule has 0 amide bonds. The third-order valence-electron chi connectivity index (χ3n) is 3.69. The Hall–Kier alpha value is -2.50. The van der Waals surface area contributed by atoms with Gasteiger partial charge in [0.1, 0.15) is 5.82 Å². The van der Waals surface area contributed by atoms with Crippen molar-refractivity contribution in [2.45, 2.75) is 6.92 Å². The van der Waals surface area contributed by atoms with Gasteiger partial charge in [0.25, 0.3) is 0 Å². The van der Waals surface area contributed by atoms with Gasteiger partial charge < -0.3 is 15.5 Å². The van der Waals surface area contributed by atoms with Gasteiger partial charge in [0, 0.05) is 42.3 Å². The summed E-state index contributed by atoms with van der Waals surface area (Å²) in [6.45, 7) is 1.91. The second-order valence-electron chi connectivity index (χ2n) is 6.03. The van der Waals surface area contributed by atoms with E-state index in [1.165, 1.54) is 0 Å². The molecule has 1 heterocycles. The highest BCUT2D eigenvalue weighted by molar-refractivity contribution is 6.36. The van der Waals surface area contributed by atoms with Crippen LogP contribution in [0.15, 0.2) is 48.5 Å². The van der Waals surface area contributed by atoms with E-state index in [9.17, 15) is 0 Å². The lowest BCUT2D eigenvalue weighted by atomic mass is 10.2. The van der Waals surface area contributed by atoms with Gasteiger partial charge in [-0.25, -0.2) is 4.98 Å². The van der Waals surface area contributed by atoms with Crippen LogP contribution in [0.4, 0.5) is 28.8 Å². The van der Waals surface area contributed by atoms with Crippen LogP contribution in [0.3, 0.4) is 0 Å². The minimum Gasteiger partial charge on any atom is -0.378 e. The number of hydrogen-bond donors (Lipinski definition) is 2. The first-order chi connectivity index (χ1) is 12.4. The van der Waals surface area contributed by atoms with Crippen molar-refractivity contribution in [1.29, 1.82) is 0 Å². The Bertz CT molecular complexity index is 910. The number of anilines is 5. The second kappa shape index (κ2) is 7.81. The van der Waals surface area contributed by atoms with Gasteiger partial charge in [0.05, 0.1) is 10.7 Å². The molecule has 0 saturated carbocycles. The van der Waals surface area contributed by atoms with Crippen LogP contribution in [0.25, 0.3) is 0 Å². The molecular weight excluding hydrogens is 369 g/mol. The van der Waals surface area contributed by atoms with Crippen LogP contribution >= 0.6 is 23.2 Å². The minimum absolute atomic E-state index is 0.509. The molecule has 0 radical (unpaired) electrons. The monoisotopic (exact) mass is 387 g/mol. The Morgan fingerprint density at radius 2 is 1.62 bits per heavy atom. The van der Waals surface area contributed by atoms with E-state index < -0.39 is 0 Å². The van der Waals surface area contributed by atoms with E-state index in [-0.39, 0.29) is 0 Å². The van der Waals surface area contributed by atoms with Crippen LogP contribution in [0.2, 0.25) is 10.0 Å². The van der Waals surface area contributed by atoms with Gasteiger partial charge in [-0.05, 0) is 49.4 Å². The molecule has 0 bridgehead atoms. The van der Waals surface area contributed by atoms with Crippen molar-refractivity contribution in [3.8, 4) is 0 Å². The predicted octanol–water partition coefficient (Wildman–Crippen LogP) is 5.65. The van der Waals surface area contributed by atoms with Crippen LogP contribution in [-0.4, -0.2) is 24.1 Å². The largest absolute Gasteiger partial charge is 0.378 e. The molecule has 26 heavy (non-hydrogen) atoms. The molecule has 2 aromatic carbocycles. The normalized spacial score (nSPS) is 10.5. The molecule has 0 spiro atoms. The summed E-state index contributed by atoms with van der Waals surface area (Å²) in [6.07, 6.45) is 0. The Balaban J connectivity index is 1.81. The van der Waals surface area contributed by atoms with Crippen molar-refractivity contribution in [3.63, 3.8) is 0 Å². The summed E-state index contributed by atoms with van der Waals surface area (Å²) in [6, 6.07) is 15.2. The van der Waals surface area contributed by atoms with Crippen LogP contribution < -0.4 is 15.5 Å². The van der Waals surface area contributed by atoms with E-state index in [1.54, 1.807) is 12.1 Å². The molecule has 3 rings (SSSR count). The van der Waals surface area contributed by atoms with Gasteiger partial charge >= 0.3 is 0 Å². The average Bonchev–Trinajstić information content (AvgIpc) is 2.57. The molecule has 0 unspecified atom stereocenters. The predicted molar refractivity (Wildman–Crippen MR) is 111 cm³/mol. The Kier molecular flexibility index (Phi) is 5.49. The molecule has 0 aliphatic heterocycles. The fraction of sp³-hybridized carbons (Fsp3) is 0.158. The average molecular weight is 388 g/mol. The van der Waals surface area contributed by atoms with E-state index in [0.717, 1.165) is 22.8 Å². The van der Waals surface area contributed by atoms with Crippen molar-refractivity contribution < 1.29 is 0 Å². The lowest BCUT2D eigenvalue weighted by Gasteiger charge is -2.14. The third-order valence-corrected chi connectivity index (χ3v) is 4.24. The van der Waals surface area contributed by atoms with Crippen molar-refractivity contribution in [2.24, 2.45) is 0 Å². The lowest BCUT2D eigenvalue weighted by molar-refractivity contribution is 1.11. The van der Waals surface area contributed by atoms with Crippen LogP contribution in [0.5, 0.6) is 0 Å². The number of benzene rings is 2. The highest BCUT2D eigenvalue weighted by Gasteiger charge is 2.07. The van der Waals surface area contributed by atoms with Gasteiger partial charge in [-0.2, -0.15) is 4.98 Å². The molecule has 3 aromatic rings. The maximum absolute atomic E-state index is 6.22. The van der Waals surface area contributed by atoms with E-state index in [0.29, 0.717) is 21.8 Å². The number of nitrogens with one attached hydrogen (secondary N) is 2. The molecule has 1 aromatic heterocycles. The summed E-state index contributed by atoms with van der Waals surface area (Å²) in [4.78, 5) is 11.0. The maximum atomic E-state index is 6.22. The first-order valence-electron chi connectivity index (χ1n) is 8.03. The number of aromatic nitrogens is 2. The van der Waals surface area contributed by atoms with Gasteiger partial charge in [-0.15, -0.1) is 0 Å². The minimum atomic E-state index is 0.509. The first-order valence-corrected chi connectivity index (χ1v) is 8.78. The van der Waals surface area contributed by atoms with Gasteiger partial charge in [-0.3, -0.25) is 0 Å². The van der Waals surface area contributed by atoms with E-state index >= 15 is 0 Å². The Labute approximate surface area is 163 Å². The Morgan fingerprint density at radius 1 is 0.885 bits per heavy atom. The lowest BCUT2D eigenvalue weighted by Crippen LogP contribution is -2.08. The van der Waals surface area contributed by atoms with Crippen LogP contribution in [0, 0.1) is 6.92 Å². The fourth-order valence-corrected chi connectivity index (χ4v) is 2.85. The van der Waals surface area contributed by atoms with Crippen molar-refractivity contribution in [2.75, 3.05) is 29.6 Å². The van der Waals surface area contributed by atoms with Gasteiger partial charge in [0.2, 0.25) is 5.95 Å². The molecule has 0 saturated heterocycles. The summed E-state index contributed by atoms with van der Waals surface area (Å²) < 4.78 is 0. The van der Waals surface area contributed by atoms with Gasteiger partial charge in [0.15, 0.2) is 0 Å². The summed E-state index contributed by atoms with van der Waals surface area (Å²) in [5, 5.41) is 7.54. The molecule has 134 valence electrons. The van der Waals surface area contributed by atoms with E-state index in [1.807, 2.05) is 62.3 Å². The Morgan fingerprint density at radius 3 is 2.27 bits per heavy atom. The zero-order valence-electron chi connectivity index (χ0n) is 14.7. The maximum Gasteiger partial charge on any atom is 0.229 e. The molecule has 2 N–H and O–H groups in total. The number of rotatable bonds is 5. The topological polar surface area (TPSA) is 53.1 Å². The van der Waals surface area contributed by atoms with Crippen molar-refractivity contribution in [1.82, 2.24) is 9.97 Å². The van der Waals surface area contributed by atoms with Crippen LogP contribution in [-0.2, 0) is 0 Å². The molecular formula is C19H19Cl2N5. The summed E-state index contributed by atoms with van der Waals surface area (Å²) in [5.41, 5.74) is 3.60. The van der Waals surface area contributed by atoms with Crippen molar-refractivity contribution >= 4 is 52.0 Å². The van der Waals surface area contributed by atoms with Crippen molar-refractivity contribution in [3.05, 3.63) is 64.3 Å². The SMILES string of the molecule is Cc1cc(Nc2ccc(Cl)cc2Cl)nc(Nc2ccc(N(C)C)cc2)n1. The fourth-order valence-electron chi connectivity index (χ4n) is 2.39. The summed E-state index contributed by atoms with van der Waals surface area (Å²) >= 11 is 12.2. The number of hydrogen-bond acceptors (Lipinski definition) is 5. The number of aryl methyl sites for hydroxylation is 1. The number of halogens is 2. The molecule has 0 aliphatic rings. The second-order valence-corrected chi connectivity index (χ2v) is 6.88. The van der Waals surface area contributed by atoms with Gasteiger partial charge in [-0.1, -0.05) is 23.2 Å². The summed E-state index contributed by atoms with van der Waals surface area (Å²) in [5.74, 6) is 1.16. The quantitative estimate of drug-likeness (QED) is 0.592. The standard InChI is InChI=1S/C19H19Cl2N5/c1-12-10-18(24-17-9-4-13(20)11-16(17)21)25-19(22-12)23-14-5-7-15(8-6-14)26(2)3/h4-11H,1-3H3,(H2,22,23,24,25). The molecule has 0 atom stereocenters. The first kappa shape index (κ1) is 18.3. The molecule has 0 aliphatic carbocycles. The summed E-state index contributed by atoms with van der Waals surface area (Å²) in [7, 11) is 4.01.